The lowest BCUT2D eigenvalue weighted by molar-refractivity contribution is -0.126. The molecule has 2 aliphatic carbocycles. The molecular weight excluding hydrogens is 200 g/mol. The quantitative estimate of drug-likeness (QED) is 0.703. The SMILES string of the molecule is C[C@@]1(NC(=O)[C@@H]2CC2(F)F)CC=CCC1. The number of nitrogens with one attached hydrogen (secondary N) is 1. The third kappa shape index (κ3) is 2.19. The molecule has 0 radical (unpaired) electrons. The van der Waals surface area contributed by atoms with E-state index in [0.717, 1.165) is 19.3 Å². The van der Waals surface area contributed by atoms with Gasteiger partial charge in [-0.15, -0.1) is 0 Å². The maximum absolute atomic E-state index is 12.7. The summed E-state index contributed by atoms with van der Waals surface area (Å²) in [5.41, 5.74) is -0.329. The van der Waals surface area contributed by atoms with E-state index in [0.29, 0.717) is 0 Å². The Morgan fingerprint density at radius 3 is 2.60 bits per heavy atom. The van der Waals surface area contributed by atoms with Crippen LogP contribution in [0.1, 0.15) is 32.6 Å². The zero-order valence-corrected chi connectivity index (χ0v) is 8.72. The molecule has 0 aromatic carbocycles. The highest BCUT2D eigenvalue weighted by Gasteiger charge is 2.61. The van der Waals surface area contributed by atoms with E-state index in [2.05, 4.69) is 11.4 Å². The molecule has 1 amide bonds. The molecule has 0 unspecified atom stereocenters. The fourth-order valence-corrected chi connectivity index (χ4v) is 1.96. The van der Waals surface area contributed by atoms with E-state index in [9.17, 15) is 13.6 Å². The van der Waals surface area contributed by atoms with Crippen LogP contribution in [0.25, 0.3) is 0 Å². The highest BCUT2D eigenvalue weighted by molar-refractivity contribution is 5.83. The van der Waals surface area contributed by atoms with E-state index < -0.39 is 17.7 Å². The summed E-state index contributed by atoms with van der Waals surface area (Å²) in [5, 5.41) is 2.74. The van der Waals surface area contributed by atoms with Crippen molar-refractivity contribution in [3.05, 3.63) is 12.2 Å². The Labute approximate surface area is 87.7 Å². The van der Waals surface area contributed by atoms with Gasteiger partial charge in [0, 0.05) is 12.0 Å². The normalized spacial score (nSPS) is 37.4. The largest absolute Gasteiger partial charge is 0.350 e. The number of rotatable bonds is 2. The van der Waals surface area contributed by atoms with Crippen LogP contribution in [0.5, 0.6) is 0 Å². The van der Waals surface area contributed by atoms with E-state index in [1.54, 1.807) is 0 Å². The Bertz CT molecular complexity index is 314. The molecule has 0 aromatic heterocycles. The lowest BCUT2D eigenvalue weighted by atomic mass is 9.87. The summed E-state index contributed by atoms with van der Waals surface area (Å²) in [5.74, 6) is -4.33. The second-order valence-electron chi connectivity index (χ2n) is 4.78. The number of carbonyl (C=O) groups excluding carboxylic acids is 1. The summed E-state index contributed by atoms with van der Waals surface area (Å²) in [7, 11) is 0. The van der Waals surface area contributed by atoms with Crippen molar-refractivity contribution >= 4 is 5.91 Å². The summed E-state index contributed by atoms with van der Waals surface area (Å²) in [6, 6.07) is 0. The zero-order chi connectivity index (χ0) is 11.1. The summed E-state index contributed by atoms with van der Waals surface area (Å²) >= 11 is 0. The van der Waals surface area contributed by atoms with Crippen LogP contribution in [0.2, 0.25) is 0 Å². The third-order valence-corrected chi connectivity index (χ3v) is 3.17. The van der Waals surface area contributed by atoms with Gasteiger partial charge in [-0.2, -0.15) is 0 Å². The molecule has 84 valence electrons. The van der Waals surface area contributed by atoms with Crippen LogP contribution in [0.4, 0.5) is 8.78 Å². The molecule has 2 rings (SSSR count). The average molecular weight is 215 g/mol. The van der Waals surface area contributed by atoms with Crippen LogP contribution in [-0.4, -0.2) is 17.4 Å². The van der Waals surface area contributed by atoms with Crippen molar-refractivity contribution in [1.29, 1.82) is 0 Å². The Kier molecular flexibility index (Phi) is 2.32. The molecule has 0 bridgehead atoms. The second kappa shape index (κ2) is 3.29. The summed E-state index contributed by atoms with van der Waals surface area (Å²) in [6.45, 7) is 1.91. The molecule has 1 saturated carbocycles. The smallest absolute Gasteiger partial charge is 0.260 e. The van der Waals surface area contributed by atoms with Crippen LogP contribution in [-0.2, 0) is 4.79 Å². The van der Waals surface area contributed by atoms with E-state index in [1.807, 2.05) is 13.0 Å². The molecule has 0 spiro atoms. The first kappa shape index (κ1) is 10.6. The minimum Gasteiger partial charge on any atom is -0.350 e. The van der Waals surface area contributed by atoms with Crippen LogP contribution in [0, 0.1) is 5.92 Å². The topological polar surface area (TPSA) is 29.1 Å². The van der Waals surface area contributed by atoms with Crippen molar-refractivity contribution in [2.45, 2.75) is 44.1 Å². The maximum Gasteiger partial charge on any atom is 0.260 e. The van der Waals surface area contributed by atoms with Gasteiger partial charge in [-0.25, -0.2) is 8.78 Å². The molecule has 15 heavy (non-hydrogen) atoms. The Morgan fingerprint density at radius 1 is 1.47 bits per heavy atom. The number of halogens is 2. The molecule has 0 heterocycles. The number of hydrogen-bond acceptors (Lipinski definition) is 1. The highest BCUT2D eigenvalue weighted by atomic mass is 19.3. The number of alkyl halides is 2. The Balaban J connectivity index is 1.92. The molecule has 2 nitrogen and oxygen atoms in total. The Hall–Kier alpha value is -0.930. The minimum atomic E-state index is -2.76. The van der Waals surface area contributed by atoms with E-state index in [4.69, 9.17) is 0 Å². The number of amides is 1. The van der Waals surface area contributed by atoms with Crippen molar-refractivity contribution in [2.75, 3.05) is 0 Å². The van der Waals surface area contributed by atoms with E-state index >= 15 is 0 Å². The summed E-state index contributed by atoms with van der Waals surface area (Å²) < 4.78 is 25.3. The van der Waals surface area contributed by atoms with Crippen LogP contribution in [0.15, 0.2) is 12.2 Å². The van der Waals surface area contributed by atoms with Gasteiger partial charge >= 0.3 is 0 Å². The standard InChI is InChI=1S/C11H15F2NO/c1-10(5-3-2-4-6-10)14-9(15)8-7-11(8,12)13/h2-3,8H,4-7H2,1H3,(H,14,15)/t8-,10+/m0/s1. The van der Waals surface area contributed by atoms with Gasteiger partial charge in [0.1, 0.15) is 5.92 Å². The van der Waals surface area contributed by atoms with Gasteiger partial charge in [0.15, 0.2) is 0 Å². The molecule has 0 aliphatic heterocycles. The first-order chi connectivity index (χ1) is 6.93. The fraction of sp³-hybridized carbons (Fsp3) is 0.727. The number of allylic oxidation sites excluding steroid dienone is 1. The van der Waals surface area contributed by atoms with E-state index in [-0.39, 0.29) is 12.0 Å². The second-order valence-corrected chi connectivity index (χ2v) is 4.78. The van der Waals surface area contributed by atoms with Crippen molar-refractivity contribution in [3.8, 4) is 0 Å². The summed E-state index contributed by atoms with van der Waals surface area (Å²) in [4.78, 5) is 11.5. The van der Waals surface area contributed by atoms with Gasteiger partial charge in [-0.3, -0.25) is 4.79 Å². The van der Waals surface area contributed by atoms with Crippen LogP contribution < -0.4 is 5.32 Å². The molecule has 1 fully saturated rings. The molecule has 0 saturated heterocycles. The van der Waals surface area contributed by atoms with Crippen molar-refractivity contribution in [3.63, 3.8) is 0 Å². The molecular formula is C11H15F2NO. The van der Waals surface area contributed by atoms with Gasteiger partial charge in [-0.05, 0) is 26.2 Å². The molecule has 2 aliphatic rings. The van der Waals surface area contributed by atoms with Crippen molar-refractivity contribution < 1.29 is 13.6 Å². The third-order valence-electron chi connectivity index (χ3n) is 3.17. The molecule has 4 heteroatoms. The number of carbonyl (C=O) groups is 1. The lowest BCUT2D eigenvalue weighted by Gasteiger charge is -2.32. The summed E-state index contributed by atoms with van der Waals surface area (Å²) in [6.07, 6.45) is 6.22. The fourth-order valence-electron chi connectivity index (χ4n) is 1.96. The van der Waals surface area contributed by atoms with Gasteiger partial charge < -0.3 is 5.32 Å². The molecule has 2 atom stereocenters. The average Bonchev–Trinajstić information content (AvgIpc) is 2.76. The monoisotopic (exact) mass is 215 g/mol. The van der Waals surface area contributed by atoms with Gasteiger partial charge in [-0.1, -0.05) is 12.2 Å². The maximum atomic E-state index is 12.7. The predicted octanol–water partition coefficient (Wildman–Crippen LogP) is 2.26. The van der Waals surface area contributed by atoms with Gasteiger partial charge in [0.05, 0.1) is 0 Å². The van der Waals surface area contributed by atoms with Gasteiger partial charge in [0.25, 0.3) is 5.92 Å². The van der Waals surface area contributed by atoms with Crippen molar-refractivity contribution in [1.82, 2.24) is 5.32 Å². The van der Waals surface area contributed by atoms with Crippen LogP contribution >= 0.6 is 0 Å². The highest BCUT2D eigenvalue weighted by Crippen LogP contribution is 2.49. The minimum absolute atomic E-state index is 0.287. The van der Waals surface area contributed by atoms with Crippen LogP contribution in [0.3, 0.4) is 0 Å². The molecule has 0 aromatic rings. The first-order valence-electron chi connectivity index (χ1n) is 5.28. The Morgan fingerprint density at radius 2 is 2.13 bits per heavy atom. The zero-order valence-electron chi connectivity index (χ0n) is 8.72. The lowest BCUT2D eigenvalue weighted by Crippen LogP contribution is -2.47. The predicted molar refractivity (Wildman–Crippen MR) is 52.6 cm³/mol. The van der Waals surface area contributed by atoms with E-state index in [1.165, 1.54) is 0 Å². The molecule has 1 N–H and O–H groups in total. The first-order valence-corrected chi connectivity index (χ1v) is 5.28. The van der Waals surface area contributed by atoms with Gasteiger partial charge in [0.2, 0.25) is 5.91 Å². The number of hydrogen-bond donors (Lipinski definition) is 1. The van der Waals surface area contributed by atoms with Crippen molar-refractivity contribution in [2.24, 2.45) is 5.92 Å².